The molecule has 0 aromatic carbocycles. The van der Waals surface area contributed by atoms with E-state index in [2.05, 4.69) is 9.62 Å². The van der Waals surface area contributed by atoms with Crippen molar-refractivity contribution in [3.05, 3.63) is 17.0 Å². The minimum Gasteiger partial charge on any atom is -0.309 e. The van der Waals surface area contributed by atoms with Gasteiger partial charge in [-0.25, -0.2) is 13.1 Å². The Morgan fingerprint density at radius 1 is 1.39 bits per heavy atom. The molecule has 7 heteroatoms. The van der Waals surface area contributed by atoms with Crippen molar-refractivity contribution >= 4 is 21.4 Å². The number of thiophene rings is 1. The average molecular weight is 287 g/mol. The van der Waals surface area contributed by atoms with Crippen LogP contribution >= 0.6 is 11.3 Å². The highest BCUT2D eigenvalue weighted by Gasteiger charge is 2.15. The van der Waals surface area contributed by atoms with E-state index in [0.29, 0.717) is 11.4 Å². The van der Waals surface area contributed by atoms with E-state index < -0.39 is 10.0 Å². The molecule has 1 rings (SSSR count). The molecule has 1 aromatic heterocycles. The van der Waals surface area contributed by atoms with Crippen LogP contribution in [0.2, 0.25) is 0 Å². The van der Waals surface area contributed by atoms with Crippen molar-refractivity contribution in [3.63, 3.8) is 0 Å². The first-order valence-electron chi connectivity index (χ1n) is 5.60. The minimum atomic E-state index is -3.45. The summed E-state index contributed by atoms with van der Waals surface area (Å²) in [5, 5.41) is 8.66. The van der Waals surface area contributed by atoms with E-state index in [1.807, 2.05) is 20.2 Å². The monoisotopic (exact) mass is 287 g/mol. The molecule has 0 aliphatic rings. The van der Waals surface area contributed by atoms with Crippen molar-refractivity contribution in [3.8, 4) is 6.07 Å². The van der Waals surface area contributed by atoms with Crippen LogP contribution in [0.4, 0.5) is 0 Å². The molecule has 1 heterocycles. The van der Waals surface area contributed by atoms with E-state index in [1.54, 1.807) is 0 Å². The largest absolute Gasteiger partial charge is 0.309 e. The fourth-order valence-corrected chi connectivity index (χ4v) is 3.58. The zero-order valence-electron chi connectivity index (χ0n) is 10.5. The molecular formula is C11H17N3O2S2. The quantitative estimate of drug-likeness (QED) is 0.766. The fraction of sp³-hybridized carbons (Fsp3) is 0.545. The Bertz CT molecular complexity index is 515. The van der Waals surface area contributed by atoms with Gasteiger partial charge in [-0.2, -0.15) is 5.26 Å². The van der Waals surface area contributed by atoms with Crippen molar-refractivity contribution in [2.24, 2.45) is 0 Å². The predicted octanol–water partition coefficient (Wildman–Crippen LogP) is 1.24. The maximum Gasteiger partial charge on any atom is 0.250 e. The summed E-state index contributed by atoms with van der Waals surface area (Å²) in [6.07, 6.45) is 1.75. The lowest BCUT2D eigenvalue weighted by atomic mass is 10.3. The Morgan fingerprint density at radius 2 is 2.11 bits per heavy atom. The van der Waals surface area contributed by atoms with E-state index in [1.165, 1.54) is 12.1 Å². The first-order valence-corrected chi connectivity index (χ1v) is 7.90. The molecule has 0 aliphatic heterocycles. The third-order valence-corrected chi connectivity index (χ3v) is 5.22. The van der Waals surface area contributed by atoms with E-state index in [-0.39, 0.29) is 4.21 Å². The maximum absolute atomic E-state index is 11.8. The second-order valence-electron chi connectivity index (χ2n) is 4.14. The van der Waals surface area contributed by atoms with Gasteiger partial charge in [0, 0.05) is 6.54 Å². The van der Waals surface area contributed by atoms with Crippen molar-refractivity contribution in [1.29, 1.82) is 5.26 Å². The summed E-state index contributed by atoms with van der Waals surface area (Å²) >= 11 is 0.989. The second kappa shape index (κ2) is 6.85. The molecule has 0 fully saturated rings. The first-order chi connectivity index (χ1) is 8.45. The lowest BCUT2D eigenvalue weighted by Crippen LogP contribution is -2.24. The summed E-state index contributed by atoms with van der Waals surface area (Å²) in [7, 11) is 0.524. The molecular weight excluding hydrogens is 270 g/mol. The number of hydrogen-bond donors (Lipinski definition) is 1. The van der Waals surface area contributed by atoms with Crippen LogP contribution in [-0.4, -0.2) is 40.5 Å². The molecule has 0 saturated heterocycles. The van der Waals surface area contributed by atoms with Crippen LogP contribution < -0.4 is 4.72 Å². The number of hydrogen-bond acceptors (Lipinski definition) is 5. The Labute approximate surface area is 112 Å². The van der Waals surface area contributed by atoms with Crippen LogP contribution in [0.5, 0.6) is 0 Å². The fourth-order valence-electron chi connectivity index (χ4n) is 1.36. The van der Waals surface area contributed by atoms with Crippen LogP contribution in [0.1, 0.15) is 17.7 Å². The topological polar surface area (TPSA) is 73.2 Å². The van der Waals surface area contributed by atoms with Gasteiger partial charge in [0.1, 0.15) is 15.2 Å². The zero-order chi connectivity index (χ0) is 13.6. The van der Waals surface area contributed by atoms with Gasteiger partial charge in [0.15, 0.2) is 0 Å². The maximum atomic E-state index is 11.8. The Kier molecular flexibility index (Phi) is 5.75. The van der Waals surface area contributed by atoms with E-state index in [0.717, 1.165) is 30.7 Å². The molecule has 18 heavy (non-hydrogen) atoms. The third kappa shape index (κ3) is 4.74. The van der Waals surface area contributed by atoms with Crippen molar-refractivity contribution < 1.29 is 8.42 Å². The average Bonchev–Trinajstić information content (AvgIpc) is 2.77. The number of sulfonamides is 1. The van der Waals surface area contributed by atoms with Gasteiger partial charge in [0.05, 0.1) is 0 Å². The van der Waals surface area contributed by atoms with Gasteiger partial charge in [0.25, 0.3) is 0 Å². The second-order valence-corrected chi connectivity index (χ2v) is 7.22. The summed E-state index contributed by atoms with van der Waals surface area (Å²) in [5.41, 5.74) is 0. The van der Waals surface area contributed by atoms with Gasteiger partial charge in [-0.3, -0.25) is 0 Å². The van der Waals surface area contributed by atoms with Gasteiger partial charge in [-0.1, -0.05) is 0 Å². The van der Waals surface area contributed by atoms with Crippen LogP contribution in [0, 0.1) is 11.3 Å². The molecule has 0 amide bonds. The molecule has 1 N–H and O–H groups in total. The van der Waals surface area contributed by atoms with Gasteiger partial charge in [-0.15, -0.1) is 11.3 Å². The number of nitriles is 1. The lowest BCUT2D eigenvalue weighted by Gasteiger charge is -2.09. The highest BCUT2D eigenvalue weighted by molar-refractivity contribution is 7.91. The number of nitrogens with zero attached hydrogens (tertiary/aromatic N) is 2. The highest BCUT2D eigenvalue weighted by Crippen LogP contribution is 2.20. The van der Waals surface area contributed by atoms with Crippen molar-refractivity contribution in [1.82, 2.24) is 9.62 Å². The van der Waals surface area contributed by atoms with Gasteiger partial charge in [-0.05, 0) is 45.6 Å². The SMILES string of the molecule is CN(C)CCCCNS(=O)(=O)c1ccc(C#N)s1. The Morgan fingerprint density at radius 3 is 2.67 bits per heavy atom. The molecule has 0 saturated carbocycles. The Hall–Kier alpha value is -0.940. The van der Waals surface area contributed by atoms with Crippen LogP contribution in [0.25, 0.3) is 0 Å². The molecule has 100 valence electrons. The Balaban J connectivity index is 2.43. The van der Waals surface area contributed by atoms with Crippen LogP contribution in [0.15, 0.2) is 16.3 Å². The lowest BCUT2D eigenvalue weighted by molar-refractivity contribution is 0.394. The molecule has 0 radical (unpaired) electrons. The summed E-state index contributed by atoms with van der Waals surface area (Å²) in [6.45, 7) is 1.37. The van der Waals surface area contributed by atoms with Crippen molar-refractivity contribution in [2.75, 3.05) is 27.2 Å². The summed E-state index contributed by atoms with van der Waals surface area (Å²) in [4.78, 5) is 2.47. The molecule has 0 bridgehead atoms. The summed E-state index contributed by atoms with van der Waals surface area (Å²) in [6, 6.07) is 4.91. The number of unbranched alkanes of at least 4 members (excludes halogenated alkanes) is 1. The van der Waals surface area contributed by atoms with Gasteiger partial charge in [0.2, 0.25) is 10.0 Å². The molecule has 5 nitrogen and oxygen atoms in total. The van der Waals surface area contributed by atoms with E-state index in [4.69, 9.17) is 5.26 Å². The molecule has 0 unspecified atom stereocenters. The van der Waals surface area contributed by atoms with Crippen LogP contribution in [-0.2, 0) is 10.0 Å². The zero-order valence-corrected chi connectivity index (χ0v) is 12.1. The summed E-state index contributed by atoms with van der Waals surface area (Å²) < 4.78 is 26.4. The van der Waals surface area contributed by atoms with Gasteiger partial charge < -0.3 is 4.90 Å². The number of nitrogens with one attached hydrogen (secondary N) is 1. The molecule has 0 atom stereocenters. The molecule has 1 aromatic rings. The standard InChI is InChI=1S/C11H17N3O2S2/c1-14(2)8-4-3-7-13-18(15,16)11-6-5-10(9-12)17-11/h5-6,13H,3-4,7-8H2,1-2H3. The predicted molar refractivity (Wildman–Crippen MR) is 72.0 cm³/mol. The molecule has 0 aliphatic carbocycles. The summed E-state index contributed by atoms with van der Waals surface area (Å²) in [5.74, 6) is 0. The third-order valence-electron chi connectivity index (χ3n) is 2.28. The highest BCUT2D eigenvalue weighted by atomic mass is 32.2. The van der Waals surface area contributed by atoms with Crippen LogP contribution in [0.3, 0.4) is 0 Å². The smallest absolute Gasteiger partial charge is 0.250 e. The van der Waals surface area contributed by atoms with E-state index in [9.17, 15) is 8.42 Å². The number of rotatable bonds is 7. The first kappa shape index (κ1) is 15.1. The van der Waals surface area contributed by atoms with E-state index >= 15 is 0 Å². The molecule has 0 spiro atoms. The van der Waals surface area contributed by atoms with Gasteiger partial charge >= 0.3 is 0 Å². The normalized spacial score (nSPS) is 11.7. The van der Waals surface area contributed by atoms with Crippen molar-refractivity contribution in [2.45, 2.75) is 17.1 Å². The minimum absolute atomic E-state index is 0.201.